The summed E-state index contributed by atoms with van der Waals surface area (Å²) >= 11 is 5.88. The van der Waals surface area contributed by atoms with E-state index in [1.165, 1.54) is 25.7 Å². The lowest BCUT2D eigenvalue weighted by atomic mass is 10.2. The third-order valence-electron chi connectivity index (χ3n) is 2.74. The lowest BCUT2D eigenvalue weighted by Gasteiger charge is -2.20. The van der Waals surface area contributed by atoms with Crippen LogP contribution in [0.5, 0.6) is 6.01 Å². The summed E-state index contributed by atoms with van der Waals surface area (Å²) in [7, 11) is 0. The molecule has 1 aromatic heterocycles. The van der Waals surface area contributed by atoms with Crippen LogP contribution in [0.1, 0.15) is 32.6 Å². The number of hydrogen-bond donors (Lipinski definition) is 0. The molecule has 0 aliphatic carbocycles. The predicted octanol–water partition coefficient (Wildman–Crippen LogP) is 2.30. The normalized spacial score (nSPS) is 16.7. The first-order chi connectivity index (χ1) is 8.29. The fourth-order valence-electron chi connectivity index (χ4n) is 1.93. The van der Waals surface area contributed by atoms with Crippen LogP contribution in [0.15, 0.2) is 0 Å². The molecule has 0 aromatic carbocycles. The SMILES string of the molecule is CCOc1nc(Cl)nc(N2CCCCCC2)n1. The molecule has 0 N–H and O–H groups in total. The molecule has 0 bridgehead atoms. The Morgan fingerprint density at radius 3 is 2.47 bits per heavy atom. The molecular weight excluding hydrogens is 240 g/mol. The Bertz CT molecular complexity index is 366. The van der Waals surface area contributed by atoms with Gasteiger partial charge in [0.25, 0.3) is 0 Å². The summed E-state index contributed by atoms with van der Waals surface area (Å²) in [5.74, 6) is 0.635. The maximum Gasteiger partial charge on any atom is 0.322 e. The third kappa shape index (κ3) is 3.43. The van der Waals surface area contributed by atoms with Gasteiger partial charge < -0.3 is 9.64 Å². The molecule has 6 heteroatoms. The molecule has 2 heterocycles. The predicted molar refractivity (Wildman–Crippen MR) is 66.7 cm³/mol. The smallest absolute Gasteiger partial charge is 0.322 e. The Morgan fingerprint density at radius 2 is 1.82 bits per heavy atom. The number of ether oxygens (including phenoxy) is 1. The molecule has 0 spiro atoms. The van der Waals surface area contributed by atoms with Gasteiger partial charge in [0.1, 0.15) is 0 Å². The van der Waals surface area contributed by atoms with Crippen molar-refractivity contribution in [2.45, 2.75) is 32.6 Å². The number of rotatable bonds is 3. The summed E-state index contributed by atoms with van der Waals surface area (Å²) in [6, 6.07) is 0.312. The van der Waals surface area contributed by atoms with Crippen molar-refractivity contribution in [3.8, 4) is 6.01 Å². The van der Waals surface area contributed by atoms with Gasteiger partial charge in [-0.25, -0.2) is 0 Å². The molecule has 5 nitrogen and oxygen atoms in total. The second-order valence-electron chi connectivity index (χ2n) is 4.02. The minimum atomic E-state index is 0.197. The van der Waals surface area contributed by atoms with Gasteiger partial charge in [-0.2, -0.15) is 15.0 Å². The van der Waals surface area contributed by atoms with E-state index in [-0.39, 0.29) is 5.28 Å². The van der Waals surface area contributed by atoms with Gasteiger partial charge in [-0.1, -0.05) is 12.8 Å². The summed E-state index contributed by atoms with van der Waals surface area (Å²) in [6.45, 7) is 4.38. The fourth-order valence-corrected chi connectivity index (χ4v) is 2.08. The standard InChI is InChI=1S/C11H17ClN4O/c1-2-17-11-14-9(12)13-10(15-11)16-7-5-3-4-6-8-16/h2-8H2,1H3. The summed E-state index contributed by atoms with van der Waals surface area (Å²) < 4.78 is 5.28. The first-order valence-electron chi connectivity index (χ1n) is 6.09. The van der Waals surface area contributed by atoms with Crippen LogP contribution < -0.4 is 9.64 Å². The van der Waals surface area contributed by atoms with E-state index < -0.39 is 0 Å². The molecule has 2 rings (SSSR count). The summed E-state index contributed by atoms with van der Waals surface area (Å²) in [5, 5.41) is 0.197. The Balaban J connectivity index is 2.17. The minimum Gasteiger partial charge on any atom is -0.464 e. The number of aromatic nitrogens is 3. The van der Waals surface area contributed by atoms with Crippen LogP contribution in [0.4, 0.5) is 5.95 Å². The van der Waals surface area contributed by atoms with Gasteiger partial charge in [0, 0.05) is 13.1 Å². The van der Waals surface area contributed by atoms with Crippen LogP contribution in [0.25, 0.3) is 0 Å². The topological polar surface area (TPSA) is 51.1 Å². The second-order valence-corrected chi connectivity index (χ2v) is 4.36. The van der Waals surface area contributed by atoms with Crippen molar-refractivity contribution in [2.75, 3.05) is 24.6 Å². The zero-order valence-electron chi connectivity index (χ0n) is 10.0. The van der Waals surface area contributed by atoms with Gasteiger partial charge in [-0.15, -0.1) is 0 Å². The second kappa shape index (κ2) is 6.00. The van der Waals surface area contributed by atoms with Crippen molar-refractivity contribution in [3.63, 3.8) is 0 Å². The molecule has 0 radical (unpaired) electrons. The maximum absolute atomic E-state index is 5.88. The zero-order chi connectivity index (χ0) is 12.1. The molecule has 17 heavy (non-hydrogen) atoms. The number of nitrogens with zero attached hydrogens (tertiary/aromatic N) is 4. The molecule has 0 saturated carbocycles. The monoisotopic (exact) mass is 256 g/mol. The molecule has 1 fully saturated rings. The van der Waals surface area contributed by atoms with Crippen LogP contribution in [0, 0.1) is 0 Å². The van der Waals surface area contributed by atoms with E-state index in [4.69, 9.17) is 16.3 Å². The average Bonchev–Trinajstić information content (AvgIpc) is 2.57. The first-order valence-corrected chi connectivity index (χ1v) is 6.46. The number of anilines is 1. The third-order valence-corrected chi connectivity index (χ3v) is 2.91. The van der Waals surface area contributed by atoms with Crippen LogP contribution in [0.3, 0.4) is 0 Å². The van der Waals surface area contributed by atoms with E-state index in [0.29, 0.717) is 18.6 Å². The van der Waals surface area contributed by atoms with E-state index in [2.05, 4.69) is 19.9 Å². The fraction of sp³-hybridized carbons (Fsp3) is 0.727. The summed E-state index contributed by atoms with van der Waals surface area (Å²) in [4.78, 5) is 14.5. The van der Waals surface area contributed by atoms with Gasteiger partial charge in [-0.05, 0) is 31.4 Å². The van der Waals surface area contributed by atoms with Gasteiger partial charge >= 0.3 is 6.01 Å². The molecule has 1 aliphatic heterocycles. The van der Waals surface area contributed by atoms with Gasteiger partial charge in [-0.3, -0.25) is 0 Å². The molecule has 1 aliphatic rings. The Labute approximate surface area is 106 Å². The average molecular weight is 257 g/mol. The quantitative estimate of drug-likeness (QED) is 0.831. The van der Waals surface area contributed by atoms with Crippen LogP contribution >= 0.6 is 11.6 Å². The van der Waals surface area contributed by atoms with Crippen molar-refractivity contribution in [1.82, 2.24) is 15.0 Å². The van der Waals surface area contributed by atoms with Crippen molar-refractivity contribution in [1.29, 1.82) is 0 Å². The van der Waals surface area contributed by atoms with Gasteiger partial charge in [0.2, 0.25) is 11.2 Å². The highest BCUT2D eigenvalue weighted by Gasteiger charge is 2.15. The van der Waals surface area contributed by atoms with Gasteiger partial charge in [0.05, 0.1) is 6.61 Å². The molecule has 0 unspecified atom stereocenters. The van der Waals surface area contributed by atoms with Crippen LogP contribution in [-0.4, -0.2) is 34.6 Å². The highest BCUT2D eigenvalue weighted by atomic mass is 35.5. The van der Waals surface area contributed by atoms with E-state index in [0.717, 1.165) is 13.1 Å². The van der Waals surface area contributed by atoms with Crippen LogP contribution in [0.2, 0.25) is 5.28 Å². The van der Waals surface area contributed by atoms with Gasteiger partial charge in [0.15, 0.2) is 0 Å². The van der Waals surface area contributed by atoms with Crippen molar-refractivity contribution in [3.05, 3.63) is 5.28 Å². The Morgan fingerprint density at radius 1 is 1.12 bits per heavy atom. The van der Waals surface area contributed by atoms with E-state index in [1.807, 2.05) is 6.92 Å². The maximum atomic E-state index is 5.88. The van der Waals surface area contributed by atoms with Crippen molar-refractivity contribution >= 4 is 17.5 Å². The minimum absolute atomic E-state index is 0.197. The molecular formula is C11H17ClN4O. The van der Waals surface area contributed by atoms with E-state index in [9.17, 15) is 0 Å². The van der Waals surface area contributed by atoms with Crippen molar-refractivity contribution < 1.29 is 4.74 Å². The highest BCUT2D eigenvalue weighted by Crippen LogP contribution is 2.19. The largest absolute Gasteiger partial charge is 0.464 e. The molecule has 0 amide bonds. The summed E-state index contributed by atoms with van der Waals surface area (Å²) in [5.41, 5.74) is 0. The first kappa shape index (κ1) is 12.4. The van der Waals surface area contributed by atoms with Crippen molar-refractivity contribution in [2.24, 2.45) is 0 Å². The molecule has 0 atom stereocenters. The number of halogens is 1. The van der Waals surface area contributed by atoms with E-state index >= 15 is 0 Å². The Hall–Kier alpha value is -1.10. The molecule has 1 saturated heterocycles. The number of hydrogen-bond acceptors (Lipinski definition) is 5. The lowest BCUT2D eigenvalue weighted by Crippen LogP contribution is -2.26. The van der Waals surface area contributed by atoms with Crippen LogP contribution in [-0.2, 0) is 0 Å². The summed E-state index contributed by atoms with van der Waals surface area (Å²) in [6.07, 6.45) is 4.89. The highest BCUT2D eigenvalue weighted by molar-refractivity contribution is 6.28. The lowest BCUT2D eigenvalue weighted by molar-refractivity contribution is 0.311. The van der Waals surface area contributed by atoms with E-state index in [1.54, 1.807) is 0 Å². The molecule has 1 aromatic rings. The Kier molecular flexibility index (Phi) is 4.36. The molecule has 94 valence electrons. The zero-order valence-corrected chi connectivity index (χ0v) is 10.8.